The number of ether oxygens (including phenoxy) is 2. The third kappa shape index (κ3) is 8.65. The van der Waals surface area contributed by atoms with Gasteiger partial charge in [-0.2, -0.15) is 0 Å². The van der Waals surface area contributed by atoms with Gasteiger partial charge in [0.15, 0.2) is 7.29 Å². The van der Waals surface area contributed by atoms with Crippen molar-refractivity contribution in [1.82, 2.24) is 15.7 Å². The smallest absolute Gasteiger partial charge is 0.407 e. The Kier molecular flexibility index (Phi) is 11.3. The molecule has 0 aliphatic rings. The molecule has 0 aromatic heterocycles. The SMILES string of the molecule is CCCC(NC(=O)CNC(=O)OCc1ccccc1)P(=O)(NCC(=O)OCC)c1ccccc1. The minimum Gasteiger partial charge on any atom is -0.465 e. The highest BCUT2D eigenvalue weighted by Crippen LogP contribution is 2.45. The first kappa shape index (κ1) is 27.1. The van der Waals surface area contributed by atoms with Gasteiger partial charge >= 0.3 is 12.1 Å². The van der Waals surface area contributed by atoms with Crippen molar-refractivity contribution in [3.8, 4) is 0 Å². The van der Waals surface area contributed by atoms with Gasteiger partial charge in [0.05, 0.1) is 12.4 Å². The highest BCUT2D eigenvalue weighted by molar-refractivity contribution is 7.70. The van der Waals surface area contributed by atoms with Crippen LogP contribution in [0.25, 0.3) is 0 Å². The van der Waals surface area contributed by atoms with Gasteiger partial charge in [-0.25, -0.2) is 4.79 Å². The molecule has 0 spiro atoms. The van der Waals surface area contributed by atoms with Crippen LogP contribution in [0.4, 0.5) is 4.79 Å². The summed E-state index contributed by atoms with van der Waals surface area (Å²) < 4.78 is 24.2. The van der Waals surface area contributed by atoms with Gasteiger partial charge in [0, 0.05) is 5.30 Å². The van der Waals surface area contributed by atoms with Crippen molar-refractivity contribution in [3.05, 3.63) is 66.2 Å². The van der Waals surface area contributed by atoms with E-state index in [0.29, 0.717) is 18.1 Å². The molecule has 0 radical (unpaired) electrons. The minimum atomic E-state index is -3.46. The van der Waals surface area contributed by atoms with Crippen molar-refractivity contribution in [3.63, 3.8) is 0 Å². The van der Waals surface area contributed by atoms with Gasteiger partial charge in [0.2, 0.25) is 5.91 Å². The molecule has 0 heterocycles. The average Bonchev–Trinajstić information content (AvgIpc) is 2.86. The van der Waals surface area contributed by atoms with Crippen molar-refractivity contribution in [2.75, 3.05) is 19.7 Å². The molecule has 2 rings (SSSR count). The second kappa shape index (κ2) is 14.2. The van der Waals surface area contributed by atoms with Crippen LogP contribution in [0.3, 0.4) is 0 Å². The monoisotopic (exact) mass is 489 g/mol. The van der Waals surface area contributed by atoms with Gasteiger partial charge < -0.3 is 20.1 Å². The van der Waals surface area contributed by atoms with Crippen molar-refractivity contribution < 1.29 is 28.4 Å². The first-order valence-electron chi connectivity index (χ1n) is 11.2. The lowest BCUT2D eigenvalue weighted by atomic mass is 10.2. The van der Waals surface area contributed by atoms with Crippen LogP contribution >= 0.6 is 7.29 Å². The Morgan fingerprint density at radius 2 is 1.56 bits per heavy atom. The van der Waals surface area contributed by atoms with Gasteiger partial charge in [-0.1, -0.05) is 74.0 Å². The van der Waals surface area contributed by atoms with Crippen LogP contribution in [-0.4, -0.2) is 43.4 Å². The lowest BCUT2D eigenvalue weighted by Gasteiger charge is -2.29. The lowest BCUT2D eigenvalue weighted by molar-refractivity contribution is -0.141. The Hall–Kier alpha value is -3.16. The van der Waals surface area contributed by atoms with Crippen LogP contribution in [0.15, 0.2) is 60.7 Å². The number of amides is 2. The number of nitrogens with one attached hydrogen (secondary N) is 3. The maximum Gasteiger partial charge on any atom is 0.407 e. The highest BCUT2D eigenvalue weighted by atomic mass is 31.2. The van der Waals surface area contributed by atoms with Gasteiger partial charge in [-0.3, -0.25) is 19.2 Å². The summed E-state index contributed by atoms with van der Waals surface area (Å²) in [6, 6.07) is 17.8. The van der Waals surface area contributed by atoms with Gasteiger partial charge in [-0.05, 0) is 18.9 Å². The zero-order valence-corrected chi connectivity index (χ0v) is 20.4. The number of rotatable bonds is 13. The van der Waals surface area contributed by atoms with Crippen molar-refractivity contribution >= 4 is 30.6 Å². The Morgan fingerprint density at radius 3 is 2.18 bits per heavy atom. The van der Waals surface area contributed by atoms with E-state index in [1.54, 1.807) is 37.3 Å². The third-order valence-electron chi connectivity index (χ3n) is 4.84. The molecule has 9 nitrogen and oxygen atoms in total. The molecular formula is C24H32N3O6P. The number of benzene rings is 2. The number of carbonyl (C=O) groups excluding carboxylic acids is 3. The van der Waals surface area contributed by atoms with E-state index in [1.165, 1.54) is 0 Å². The quantitative estimate of drug-likeness (QED) is 0.292. The molecule has 0 aliphatic carbocycles. The van der Waals surface area contributed by atoms with E-state index < -0.39 is 31.0 Å². The molecule has 2 amide bonds. The fraction of sp³-hybridized carbons (Fsp3) is 0.375. The molecule has 0 fully saturated rings. The summed E-state index contributed by atoms with van der Waals surface area (Å²) in [7, 11) is -3.46. The van der Waals surface area contributed by atoms with E-state index in [1.807, 2.05) is 37.3 Å². The summed E-state index contributed by atoms with van der Waals surface area (Å²) in [5.41, 5.74) is 0.821. The Balaban J connectivity index is 2.03. The first-order valence-corrected chi connectivity index (χ1v) is 13.0. The van der Waals surface area contributed by atoms with E-state index in [2.05, 4.69) is 15.7 Å². The third-order valence-corrected chi connectivity index (χ3v) is 7.80. The van der Waals surface area contributed by atoms with Crippen molar-refractivity contribution in [1.29, 1.82) is 0 Å². The van der Waals surface area contributed by atoms with E-state index in [-0.39, 0.29) is 26.3 Å². The standard InChI is InChI=1S/C24H32N3O6P/c1-3-11-22(27-21(28)16-25-24(30)33-18-19-12-7-5-8-13-19)34(31,20-14-9-6-10-15-20)26-17-23(29)32-4-2/h5-10,12-15,22H,3-4,11,16-18H2,1-2H3,(H,25,30)(H,26,31)(H,27,28). The maximum atomic E-state index is 14.1. The summed E-state index contributed by atoms with van der Waals surface area (Å²) in [5.74, 6) is -1.85. The Labute approximate surface area is 200 Å². The summed E-state index contributed by atoms with van der Waals surface area (Å²) in [6.07, 6.45) is 0.291. The molecule has 2 aromatic carbocycles. The summed E-state index contributed by atoms with van der Waals surface area (Å²) in [4.78, 5) is 36.5. The molecular weight excluding hydrogens is 457 g/mol. The lowest BCUT2D eigenvalue weighted by Crippen LogP contribution is -2.46. The highest BCUT2D eigenvalue weighted by Gasteiger charge is 2.36. The molecule has 0 aliphatic heterocycles. The second-order valence-electron chi connectivity index (χ2n) is 7.42. The summed E-state index contributed by atoms with van der Waals surface area (Å²) in [5, 5.41) is 8.48. The summed E-state index contributed by atoms with van der Waals surface area (Å²) in [6.45, 7) is 3.26. The van der Waals surface area contributed by atoms with Crippen molar-refractivity contribution in [2.45, 2.75) is 39.1 Å². The van der Waals surface area contributed by atoms with E-state index in [9.17, 15) is 18.9 Å². The largest absolute Gasteiger partial charge is 0.465 e. The van der Waals surface area contributed by atoms with Crippen LogP contribution in [0.2, 0.25) is 0 Å². The van der Waals surface area contributed by atoms with Gasteiger partial charge in [0.25, 0.3) is 0 Å². The Bertz CT molecular complexity index is 971. The number of hydrogen-bond acceptors (Lipinski definition) is 6. The van der Waals surface area contributed by atoms with Crippen LogP contribution in [0.1, 0.15) is 32.3 Å². The molecule has 2 unspecified atom stereocenters. The van der Waals surface area contributed by atoms with Gasteiger partial charge in [-0.15, -0.1) is 0 Å². The van der Waals surface area contributed by atoms with Crippen LogP contribution in [0.5, 0.6) is 0 Å². The molecule has 0 saturated heterocycles. The first-order chi connectivity index (χ1) is 16.4. The number of alkyl carbamates (subject to hydrolysis) is 1. The normalized spacial score (nSPS) is 13.2. The average molecular weight is 490 g/mol. The zero-order chi connectivity index (χ0) is 24.8. The number of esters is 1. The van der Waals surface area contributed by atoms with E-state index in [4.69, 9.17) is 9.47 Å². The Morgan fingerprint density at radius 1 is 0.912 bits per heavy atom. The molecule has 34 heavy (non-hydrogen) atoms. The fourth-order valence-electron chi connectivity index (χ4n) is 3.21. The fourth-order valence-corrected chi connectivity index (χ4v) is 5.90. The molecule has 10 heteroatoms. The molecule has 0 bridgehead atoms. The topological polar surface area (TPSA) is 123 Å². The molecule has 2 aromatic rings. The zero-order valence-electron chi connectivity index (χ0n) is 19.5. The summed E-state index contributed by atoms with van der Waals surface area (Å²) >= 11 is 0. The van der Waals surface area contributed by atoms with Crippen LogP contribution in [0, 0.1) is 0 Å². The van der Waals surface area contributed by atoms with Crippen LogP contribution < -0.4 is 21.0 Å². The molecule has 0 saturated carbocycles. The minimum absolute atomic E-state index is 0.0771. The predicted octanol–water partition coefficient (Wildman–Crippen LogP) is 2.91. The number of hydrogen-bond donors (Lipinski definition) is 3. The van der Waals surface area contributed by atoms with Crippen LogP contribution in [-0.2, 0) is 30.2 Å². The predicted molar refractivity (Wildman–Crippen MR) is 130 cm³/mol. The van der Waals surface area contributed by atoms with Crippen molar-refractivity contribution in [2.24, 2.45) is 0 Å². The number of carbonyl (C=O) groups is 3. The van der Waals surface area contributed by atoms with Gasteiger partial charge in [0.1, 0.15) is 19.7 Å². The second-order valence-corrected chi connectivity index (χ2v) is 10.2. The molecule has 184 valence electrons. The van der Waals surface area contributed by atoms with E-state index in [0.717, 1.165) is 5.56 Å². The molecule has 2 atom stereocenters. The maximum absolute atomic E-state index is 14.1. The van der Waals surface area contributed by atoms with E-state index >= 15 is 0 Å². The molecule has 3 N–H and O–H groups in total.